The molecule has 0 bridgehead atoms. The largest absolute Gasteiger partial charge is 0.392 e. The van der Waals surface area contributed by atoms with Gasteiger partial charge in [-0.3, -0.25) is 9.59 Å². The van der Waals surface area contributed by atoms with E-state index in [9.17, 15) is 9.59 Å². The highest BCUT2D eigenvalue weighted by Gasteiger charge is 2.60. The van der Waals surface area contributed by atoms with Crippen molar-refractivity contribution in [2.24, 2.45) is 11.3 Å². The molecular weight excluding hydrogens is 364 g/mol. The number of allylic oxidation sites excluding steroid dienone is 2. The van der Waals surface area contributed by atoms with Gasteiger partial charge in [0.1, 0.15) is 0 Å². The first-order chi connectivity index (χ1) is 13.3. The summed E-state index contributed by atoms with van der Waals surface area (Å²) in [4.78, 5) is 25.3. The van der Waals surface area contributed by atoms with E-state index in [4.69, 9.17) is 4.74 Å². The summed E-state index contributed by atoms with van der Waals surface area (Å²) in [6.45, 7) is 6.62. The number of hydrogen-bond acceptors (Lipinski definition) is 3. The van der Waals surface area contributed by atoms with Crippen LogP contribution in [0.3, 0.4) is 0 Å². The zero-order valence-corrected chi connectivity index (χ0v) is 17.6. The Kier molecular flexibility index (Phi) is 4.62. The van der Waals surface area contributed by atoms with E-state index >= 15 is 0 Å². The van der Waals surface area contributed by atoms with Crippen LogP contribution < -0.4 is 0 Å². The third-order valence-corrected chi connectivity index (χ3v) is 10.00. The second-order valence-corrected chi connectivity index (χ2v) is 13.6. The summed E-state index contributed by atoms with van der Waals surface area (Å²) in [5, 5.41) is 1.36. The summed E-state index contributed by atoms with van der Waals surface area (Å²) in [6, 6.07) is 21.6. The predicted octanol–water partition coefficient (Wildman–Crippen LogP) is 4.84. The molecule has 2 aliphatic rings. The van der Waals surface area contributed by atoms with Gasteiger partial charge in [-0.15, -0.1) is 0 Å². The normalized spacial score (nSPS) is 27.2. The molecule has 3 nitrogen and oxygen atoms in total. The van der Waals surface area contributed by atoms with Gasteiger partial charge in [0.05, 0.1) is 19.4 Å². The minimum absolute atomic E-state index is 0.135. The standard InChI is InChI=1S/C24H26O3Si/c1-24-20(18-12-8-5-9-13-18)14-19(15-21(24)22(25)27-23(24)26)28(2,3)16-17-10-6-4-7-11-17/h4-14,20-21H,15-16H2,1-3H3/t20-,21+,24-/m1/s1. The van der Waals surface area contributed by atoms with Gasteiger partial charge in [-0.25, -0.2) is 0 Å². The molecular formula is C24H26O3Si. The van der Waals surface area contributed by atoms with E-state index in [1.54, 1.807) is 0 Å². The maximum absolute atomic E-state index is 12.7. The fraction of sp³-hybridized carbons (Fsp3) is 0.333. The fourth-order valence-electron chi connectivity index (χ4n) is 4.79. The van der Waals surface area contributed by atoms with Crippen LogP contribution in [0.5, 0.6) is 0 Å². The van der Waals surface area contributed by atoms with Crippen molar-refractivity contribution in [2.45, 2.75) is 38.4 Å². The van der Waals surface area contributed by atoms with Gasteiger partial charge in [0, 0.05) is 5.92 Å². The number of carbonyl (C=O) groups excluding carboxylic acids is 2. The molecule has 0 spiro atoms. The van der Waals surface area contributed by atoms with Crippen LogP contribution in [0.4, 0.5) is 0 Å². The van der Waals surface area contributed by atoms with Gasteiger partial charge >= 0.3 is 11.9 Å². The number of fused-ring (bicyclic) bond motifs is 1. The van der Waals surface area contributed by atoms with Gasteiger partial charge in [0.2, 0.25) is 0 Å². The van der Waals surface area contributed by atoms with Crippen LogP contribution in [-0.2, 0) is 20.4 Å². The van der Waals surface area contributed by atoms with E-state index in [1.807, 2.05) is 43.3 Å². The van der Waals surface area contributed by atoms with Crippen molar-refractivity contribution in [2.75, 3.05) is 0 Å². The monoisotopic (exact) mass is 390 g/mol. The highest BCUT2D eigenvalue weighted by Crippen LogP contribution is 2.55. The van der Waals surface area contributed by atoms with Gasteiger partial charge in [0.25, 0.3) is 0 Å². The van der Waals surface area contributed by atoms with E-state index < -0.39 is 19.4 Å². The summed E-state index contributed by atoms with van der Waals surface area (Å²) in [5.74, 6) is -1.27. The summed E-state index contributed by atoms with van der Waals surface area (Å²) in [6.07, 6.45) is 2.93. The lowest BCUT2D eigenvalue weighted by molar-refractivity contribution is -0.155. The SMILES string of the molecule is C[C@]12C(=O)OC(=O)[C@@H]1CC([Si](C)(C)Cc1ccccc1)=C[C@@H]2c1ccccc1. The molecule has 0 unspecified atom stereocenters. The number of carbonyl (C=O) groups is 2. The average molecular weight is 391 g/mol. The first-order valence-electron chi connectivity index (χ1n) is 9.88. The lowest BCUT2D eigenvalue weighted by Gasteiger charge is -2.41. The maximum atomic E-state index is 12.7. The topological polar surface area (TPSA) is 43.4 Å². The molecule has 0 amide bonds. The van der Waals surface area contributed by atoms with E-state index in [0.717, 1.165) is 11.6 Å². The van der Waals surface area contributed by atoms with Crippen LogP contribution >= 0.6 is 0 Å². The molecule has 4 rings (SSSR count). The number of cyclic esters (lactones) is 2. The molecule has 28 heavy (non-hydrogen) atoms. The second kappa shape index (κ2) is 6.85. The van der Waals surface area contributed by atoms with Crippen LogP contribution in [0.1, 0.15) is 30.4 Å². The highest BCUT2D eigenvalue weighted by molar-refractivity contribution is 6.83. The highest BCUT2D eigenvalue weighted by atomic mass is 28.3. The minimum Gasteiger partial charge on any atom is -0.392 e. The molecule has 1 aliphatic heterocycles. The van der Waals surface area contributed by atoms with Crippen LogP contribution in [0.2, 0.25) is 13.1 Å². The van der Waals surface area contributed by atoms with E-state index in [0.29, 0.717) is 6.42 Å². The maximum Gasteiger partial charge on any atom is 0.321 e. The van der Waals surface area contributed by atoms with Gasteiger partial charge in [-0.1, -0.05) is 90.6 Å². The molecule has 4 heteroatoms. The van der Waals surface area contributed by atoms with E-state index in [1.165, 1.54) is 10.8 Å². The molecule has 0 saturated carbocycles. The molecule has 0 aromatic heterocycles. The van der Waals surface area contributed by atoms with E-state index in [2.05, 4.69) is 43.4 Å². The Morgan fingerprint density at radius 1 is 1.00 bits per heavy atom. The van der Waals surface area contributed by atoms with Crippen LogP contribution in [0, 0.1) is 11.3 Å². The first-order valence-corrected chi connectivity index (χ1v) is 13.1. The molecule has 1 aliphatic carbocycles. The molecule has 1 fully saturated rings. The zero-order chi connectivity index (χ0) is 19.9. The Morgan fingerprint density at radius 3 is 2.25 bits per heavy atom. The molecule has 1 heterocycles. The van der Waals surface area contributed by atoms with Gasteiger partial charge < -0.3 is 4.74 Å². The third-order valence-electron chi connectivity index (χ3n) is 6.60. The Labute approximate surface area is 167 Å². The second-order valence-electron chi connectivity index (χ2n) is 8.87. The Hall–Kier alpha value is -2.46. The summed E-state index contributed by atoms with van der Waals surface area (Å²) >= 11 is 0. The van der Waals surface area contributed by atoms with Gasteiger partial charge in [0.15, 0.2) is 0 Å². The average Bonchev–Trinajstić information content (AvgIpc) is 2.91. The van der Waals surface area contributed by atoms with Crippen molar-refractivity contribution < 1.29 is 14.3 Å². The van der Waals surface area contributed by atoms with Crippen molar-refractivity contribution in [1.29, 1.82) is 0 Å². The summed E-state index contributed by atoms with van der Waals surface area (Å²) in [7, 11) is -1.82. The van der Waals surface area contributed by atoms with Gasteiger partial charge in [-0.05, 0) is 25.0 Å². The van der Waals surface area contributed by atoms with Crippen LogP contribution in [0.15, 0.2) is 71.9 Å². The van der Waals surface area contributed by atoms with Crippen molar-refractivity contribution in [3.05, 3.63) is 83.1 Å². The number of ether oxygens (including phenoxy) is 1. The number of rotatable bonds is 4. The quantitative estimate of drug-likeness (QED) is 0.426. The smallest absolute Gasteiger partial charge is 0.321 e. The molecule has 2 aromatic rings. The van der Waals surface area contributed by atoms with Crippen molar-refractivity contribution in [1.82, 2.24) is 0 Å². The summed E-state index contributed by atoms with van der Waals surface area (Å²) < 4.78 is 5.15. The van der Waals surface area contributed by atoms with Crippen molar-refractivity contribution in [3.63, 3.8) is 0 Å². The molecule has 3 atom stereocenters. The zero-order valence-electron chi connectivity index (χ0n) is 16.6. The fourth-order valence-corrected chi connectivity index (χ4v) is 7.64. The third kappa shape index (κ3) is 3.06. The summed E-state index contributed by atoms with van der Waals surface area (Å²) in [5.41, 5.74) is 1.58. The minimum atomic E-state index is -1.82. The lowest BCUT2D eigenvalue weighted by atomic mass is 9.63. The molecule has 1 saturated heterocycles. The Morgan fingerprint density at radius 2 is 1.61 bits per heavy atom. The molecule has 0 radical (unpaired) electrons. The number of hydrogen-bond donors (Lipinski definition) is 0. The molecule has 2 aromatic carbocycles. The molecule has 0 N–H and O–H groups in total. The van der Waals surface area contributed by atoms with E-state index in [-0.39, 0.29) is 17.9 Å². The van der Waals surface area contributed by atoms with Crippen molar-refractivity contribution >= 4 is 20.0 Å². The number of esters is 2. The Bertz CT molecular complexity index is 933. The van der Waals surface area contributed by atoms with Crippen LogP contribution in [-0.4, -0.2) is 20.0 Å². The van der Waals surface area contributed by atoms with Gasteiger partial charge in [-0.2, -0.15) is 0 Å². The Balaban J connectivity index is 1.78. The number of benzene rings is 2. The molecule has 144 valence electrons. The lowest BCUT2D eigenvalue weighted by Crippen LogP contribution is -2.44. The van der Waals surface area contributed by atoms with Crippen LogP contribution in [0.25, 0.3) is 0 Å². The van der Waals surface area contributed by atoms with Crippen molar-refractivity contribution in [3.8, 4) is 0 Å². The predicted molar refractivity (Wildman–Crippen MR) is 112 cm³/mol. The first kappa shape index (κ1) is 18.9.